The van der Waals surface area contributed by atoms with Gasteiger partial charge in [-0.25, -0.2) is 4.79 Å². The van der Waals surface area contributed by atoms with Gasteiger partial charge in [-0.3, -0.25) is 4.79 Å². The van der Waals surface area contributed by atoms with Crippen LogP contribution in [-0.4, -0.2) is 30.0 Å². The third-order valence-electron chi connectivity index (χ3n) is 5.34. The van der Waals surface area contributed by atoms with Crippen LogP contribution in [0.1, 0.15) is 27.0 Å². The summed E-state index contributed by atoms with van der Waals surface area (Å²) in [5.74, 6) is -0.717. The van der Waals surface area contributed by atoms with Crippen molar-refractivity contribution < 1.29 is 42.1 Å². The number of alkyl halides is 3. The number of rotatable bonds is 8. The lowest BCUT2D eigenvalue weighted by Crippen LogP contribution is -2.23. The third-order valence-corrected chi connectivity index (χ3v) is 5.34. The molecule has 1 heterocycles. The Morgan fingerprint density at radius 1 is 1.03 bits per heavy atom. The topological polar surface area (TPSA) is 85.3 Å². The molecule has 0 spiro atoms. The van der Waals surface area contributed by atoms with E-state index >= 15 is 0 Å². The molecule has 10 heteroatoms. The van der Waals surface area contributed by atoms with Crippen LogP contribution in [0.25, 0.3) is 0 Å². The van der Waals surface area contributed by atoms with Crippen LogP contribution < -0.4 is 19.1 Å². The van der Waals surface area contributed by atoms with Gasteiger partial charge >= 0.3 is 12.3 Å². The standard InChI is InChI=1S/C25H20F3NO6/c1-15-11-19(9-10-22(15)34-14-23(30)31)33-13-16-3-2-4-20-21(16)12-29(24(20)32)17-5-7-18(8-6-17)35-25(26,27)28/h2-11H,12-14H2,1H3,(H,30,31). The number of carboxylic acid groups (broad SMARTS) is 1. The highest BCUT2D eigenvalue weighted by molar-refractivity contribution is 6.10. The number of benzene rings is 3. The van der Waals surface area contributed by atoms with Gasteiger partial charge in [0, 0.05) is 11.3 Å². The Labute approximate surface area is 198 Å². The van der Waals surface area contributed by atoms with Gasteiger partial charge in [-0.05, 0) is 72.1 Å². The van der Waals surface area contributed by atoms with Crippen LogP contribution in [0.15, 0.2) is 60.7 Å². The smallest absolute Gasteiger partial charge is 0.489 e. The lowest BCUT2D eigenvalue weighted by atomic mass is 10.0. The molecule has 182 valence electrons. The van der Waals surface area contributed by atoms with Gasteiger partial charge in [0.2, 0.25) is 0 Å². The predicted octanol–water partition coefficient (Wildman–Crippen LogP) is 5.10. The van der Waals surface area contributed by atoms with Crippen LogP contribution in [0.3, 0.4) is 0 Å². The van der Waals surface area contributed by atoms with E-state index in [1.807, 2.05) is 6.07 Å². The maximum absolute atomic E-state index is 12.9. The highest BCUT2D eigenvalue weighted by atomic mass is 19.4. The van der Waals surface area contributed by atoms with Gasteiger partial charge in [0.1, 0.15) is 23.9 Å². The van der Waals surface area contributed by atoms with Crippen LogP contribution in [0.2, 0.25) is 0 Å². The van der Waals surface area contributed by atoms with Crippen LogP contribution in [-0.2, 0) is 17.9 Å². The number of amides is 1. The number of halogens is 3. The molecule has 1 aliphatic heterocycles. The summed E-state index contributed by atoms with van der Waals surface area (Å²) < 4.78 is 52.2. The lowest BCUT2D eigenvalue weighted by Gasteiger charge is -2.17. The van der Waals surface area contributed by atoms with Crippen molar-refractivity contribution in [2.45, 2.75) is 26.4 Å². The zero-order chi connectivity index (χ0) is 25.2. The summed E-state index contributed by atoms with van der Waals surface area (Å²) in [4.78, 5) is 25.1. The van der Waals surface area contributed by atoms with Crippen molar-refractivity contribution in [3.05, 3.63) is 82.9 Å². The van der Waals surface area contributed by atoms with Crippen molar-refractivity contribution in [3.8, 4) is 17.2 Å². The van der Waals surface area contributed by atoms with Crippen LogP contribution in [0, 0.1) is 6.92 Å². The summed E-state index contributed by atoms with van der Waals surface area (Å²) in [6.07, 6.45) is -4.79. The number of carbonyl (C=O) groups excluding carboxylic acids is 1. The molecule has 7 nitrogen and oxygen atoms in total. The van der Waals surface area contributed by atoms with Crippen molar-refractivity contribution in [2.24, 2.45) is 0 Å². The van der Waals surface area contributed by atoms with Crippen molar-refractivity contribution in [2.75, 3.05) is 11.5 Å². The molecule has 0 fully saturated rings. The van der Waals surface area contributed by atoms with Gasteiger partial charge in [0.25, 0.3) is 5.91 Å². The number of carbonyl (C=O) groups is 2. The quantitative estimate of drug-likeness (QED) is 0.476. The first-order valence-electron chi connectivity index (χ1n) is 10.5. The van der Waals surface area contributed by atoms with Crippen LogP contribution in [0.4, 0.5) is 18.9 Å². The molecule has 0 bridgehead atoms. The number of ether oxygens (including phenoxy) is 3. The molecule has 1 aliphatic rings. The average molecular weight is 487 g/mol. The average Bonchev–Trinajstić information content (AvgIpc) is 3.13. The molecule has 3 aromatic rings. The Morgan fingerprint density at radius 2 is 1.74 bits per heavy atom. The number of hydrogen-bond donors (Lipinski definition) is 1. The van der Waals surface area contributed by atoms with Gasteiger partial charge < -0.3 is 24.2 Å². The van der Waals surface area contributed by atoms with E-state index in [0.717, 1.165) is 23.3 Å². The number of aliphatic carboxylic acids is 1. The summed E-state index contributed by atoms with van der Waals surface area (Å²) >= 11 is 0. The Bertz CT molecular complexity index is 1260. The molecule has 1 N–H and O–H groups in total. The molecule has 0 unspecified atom stereocenters. The van der Waals surface area contributed by atoms with E-state index in [9.17, 15) is 22.8 Å². The summed E-state index contributed by atoms with van der Waals surface area (Å²) in [5.41, 5.74) is 3.21. The van der Waals surface area contributed by atoms with E-state index in [2.05, 4.69) is 4.74 Å². The second-order valence-electron chi connectivity index (χ2n) is 7.77. The number of anilines is 1. The van der Waals surface area contributed by atoms with Crippen LogP contribution in [0.5, 0.6) is 17.2 Å². The first-order chi connectivity index (χ1) is 16.6. The molecular formula is C25H20F3NO6. The number of fused-ring (bicyclic) bond motifs is 1. The molecule has 0 saturated heterocycles. The van der Waals surface area contributed by atoms with Crippen molar-refractivity contribution in [1.29, 1.82) is 0 Å². The van der Waals surface area contributed by atoms with Gasteiger partial charge in [-0.15, -0.1) is 13.2 Å². The molecule has 1 amide bonds. The largest absolute Gasteiger partial charge is 0.573 e. The number of carboxylic acids is 1. The van der Waals surface area contributed by atoms with Crippen molar-refractivity contribution in [3.63, 3.8) is 0 Å². The molecule has 3 aromatic carbocycles. The highest BCUT2D eigenvalue weighted by Gasteiger charge is 2.32. The minimum atomic E-state index is -4.79. The minimum absolute atomic E-state index is 0.178. The lowest BCUT2D eigenvalue weighted by molar-refractivity contribution is -0.274. The SMILES string of the molecule is Cc1cc(OCc2cccc3c2CN(c2ccc(OC(F)(F)F)cc2)C3=O)ccc1OCC(=O)O. The number of aryl methyl sites for hydroxylation is 1. The maximum Gasteiger partial charge on any atom is 0.573 e. The fourth-order valence-electron chi connectivity index (χ4n) is 3.74. The van der Waals surface area contributed by atoms with Crippen molar-refractivity contribution >= 4 is 17.6 Å². The van der Waals surface area contributed by atoms with Crippen molar-refractivity contribution in [1.82, 2.24) is 0 Å². The molecule has 0 atom stereocenters. The molecule has 0 radical (unpaired) electrons. The summed E-state index contributed by atoms with van der Waals surface area (Å²) in [5, 5.41) is 8.75. The first kappa shape index (κ1) is 23.9. The van der Waals surface area contributed by atoms with Gasteiger partial charge in [0.15, 0.2) is 6.61 Å². The van der Waals surface area contributed by atoms with E-state index < -0.39 is 18.9 Å². The third kappa shape index (κ3) is 5.65. The van der Waals surface area contributed by atoms with Gasteiger partial charge in [-0.1, -0.05) is 12.1 Å². The summed E-state index contributed by atoms with van der Waals surface area (Å²) in [6, 6.07) is 15.4. The number of hydrogen-bond acceptors (Lipinski definition) is 5. The van der Waals surface area contributed by atoms with Gasteiger partial charge in [0.05, 0.1) is 6.54 Å². The fraction of sp³-hybridized carbons (Fsp3) is 0.200. The summed E-state index contributed by atoms with van der Waals surface area (Å²) in [6.45, 7) is 1.75. The molecule has 4 rings (SSSR count). The Morgan fingerprint density at radius 3 is 2.40 bits per heavy atom. The molecule has 0 saturated carbocycles. The van der Waals surface area contributed by atoms with Crippen LogP contribution >= 0.6 is 0 Å². The monoisotopic (exact) mass is 487 g/mol. The zero-order valence-electron chi connectivity index (χ0n) is 18.5. The van der Waals surface area contributed by atoms with E-state index in [0.29, 0.717) is 28.3 Å². The summed E-state index contributed by atoms with van der Waals surface area (Å²) in [7, 11) is 0. The second-order valence-corrected chi connectivity index (χ2v) is 7.77. The molecule has 35 heavy (non-hydrogen) atoms. The maximum atomic E-state index is 12.9. The first-order valence-corrected chi connectivity index (χ1v) is 10.5. The second kappa shape index (κ2) is 9.57. The zero-order valence-corrected chi connectivity index (χ0v) is 18.5. The molecular weight excluding hydrogens is 467 g/mol. The van der Waals surface area contributed by atoms with E-state index in [4.69, 9.17) is 14.6 Å². The Hall–Kier alpha value is -4.21. The Balaban J connectivity index is 1.46. The normalized spacial score (nSPS) is 12.9. The fourth-order valence-corrected chi connectivity index (χ4v) is 3.74. The molecule has 0 aliphatic carbocycles. The van der Waals surface area contributed by atoms with Gasteiger partial charge in [-0.2, -0.15) is 0 Å². The van der Waals surface area contributed by atoms with E-state index in [1.165, 1.54) is 17.0 Å². The highest BCUT2D eigenvalue weighted by Crippen LogP contribution is 2.33. The molecule has 0 aromatic heterocycles. The minimum Gasteiger partial charge on any atom is -0.489 e. The predicted molar refractivity (Wildman–Crippen MR) is 119 cm³/mol. The Kier molecular flexibility index (Phi) is 6.54. The number of nitrogens with zero attached hydrogens (tertiary/aromatic N) is 1. The van der Waals surface area contributed by atoms with E-state index in [1.54, 1.807) is 37.3 Å². The van der Waals surface area contributed by atoms with E-state index in [-0.39, 0.29) is 24.8 Å².